The molecule has 0 saturated carbocycles. The van der Waals surface area contributed by atoms with Crippen LogP contribution in [0.25, 0.3) is 0 Å². The van der Waals surface area contributed by atoms with E-state index in [2.05, 4.69) is 20.7 Å². The lowest BCUT2D eigenvalue weighted by Crippen LogP contribution is -2.18. The number of nitrogens with one attached hydrogen (secondary N) is 2. The molecule has 1 aromatic heterocycles. The van der Waals surface area contributed by atoms with Gasteiger partial charge in [0.1, 0.15) is 0 Å². The highest BCUT2D eigenvalue weighted by Crippen LogP contribution is 2.35. The standard InChI is InChI=1S/C8H12N4/c1-2-7-8(11-12-10-7)6-4-9-3-5(1)6/h5-6,9H,1-4H2,(H,10,11,12). The lowest BCUT2D eigenvalue weighted by Gasteiger charge is -2.22. The topological polar surface area (TPSA) is 53.6 Å². The summed E-state index contributed by atoms with van der Waals surface area (Å²) in [4.78, 5) is 0. The molecule has 2 N–H and O–H groups in total. The van der Waals surface area contributed by atoms with Crippen molar-refractivity contribution in [3.8, 4) is 0 Å². The average molecular weight is 164 g/mol. The van der Waals surface area contributed by atoms with Gasteiger partial charge in [-0.1, -0.05) is 5.21 Å². The van der Waals surface area contributed by atoms with Gasteiger partial charge in [0.15, 0.2) is 0 Å². The van der Waals surface area contributed by atoms with Crippen LogP contribution in [0.3, 0.4) is 0 Å². The molecule has 1 aromatic rings. The van der Waals surface area contributed by atoms with Crippen molar-refractivity contribution in [1.29, 1.82) is 0 Å². The van der Waals surface area contributed by atoms with Gasteiger partial charge in [-0.2, -0.15) is 0 Å². The van der Waals surface area contributed by atoms with Gasteiger partial charge >= 0.3 is 0 Å². The van der Waals surface area contributed by atoms with Crippen molar-refractivity contribution >= 4 is 0 Å². The zero-order valence-corrected chi connectivity index (χ0v) is 6.88. The molecule has 12 heavy (non-hydrogen) atoms. The Balaban J connectivity index is 2.04. The highest BCUT2D eigenvalue weighted by Gasteiger charge is 2.35. The fourth-order valence-corrected chi connectivity index (χ4v) is 2.44. The van der Waals surface area contributed by atoms with Crippen LogP contribution in [-0.2, 0) is 6.42 Å². The van der Waals surface area contributed by atoms with Crippen LogP contribution >= 0.6 is 0 Å². The summed E-state index contributed by atoms with van der Waals surface area (Å²) in [7, 11) is 0. The SMILES string of the molecule is C1CC2CNCC2c2[nH]nnc21. The number of aromatic amines is 1. The van der Waals surface area contributed by atoms with E-state index in [9.17, 15) is 0 Å². The Morgan fingerprint density at radius 2 is 2.33 bits per heavy atom. The lowest BCUT2D eigenvalue weighted by atomic mass is 9.82. The maximum atomic E-state index is 4.08. The van der Waals surface area contributed by atoms with E-state index in [1.54, 1.807) is 0 Å². The second kappa shape index (κ2) is 2.29. The first-order valence-corrected chi connectivity index (χ1v) is 4.55. The molecule has 4 heteroatoms. The van der Waals surface area contributed by atoms with Crippen LogP contribution in [0.4, 0.5) is 0 Å². The number of aromatic nitrogens is 3. The molecule has 0 aromatic carbocycles. The van der Waals surface area contributed by atoms with Crippen LogP contribution in [0.1, 0.15) is 23.7 Å². The third-order valence-electron chi connectivity index (χ3n) is 3.11. The smallest absolute Gasteiger partial charge is 0.0860 e. The molecule has 2 aliphatic rings. The van der Waals surface area contributed by atoms with Gasteiger partial charge in [0.05, 0.1) is 11.4 Å². The fraction of sp³-hybridized carbons (Fsp3) is 0.750. The molecule has 2 unspecified atom stereocenters. The summed E-state index contributed by atoms with van der Waals surface area (Å²) in [5.74, 6) is 1.48. The summed E-state index contributed by atoms with van der Waals surface area (Å²) in [5, 5.41) is 14.4. The number of rotatable bonds is 0. The molecule has 4 nitrogen and oxygen atoms in total. The first-order chi connectivity index (χ1) is 5.95. The minimum Gasteiger partial charge on any atom is -0.316 e. The summed E-state index contributed by atoms with van der Waals surface area (Å²) in [5.41, 5.74) is 2.48. The molecule has 0 amide bonds. The molecule has 2 atom stereocenters. The van der Waals surface area contributed by atoms with Gasteiger partial charge in [0.25, 0.3) is 0 Å². The monoisotopic (exact) mass is 164 g/mol. The van der Waals surface area contributed by atoms with Gasteiger partial charge in [-0.25, -0.2) is 0 Å². The highest BCUT2D eigenvalue weighted by molar-refractivity contribution is 5.21. The highest BCUT2D eigenvalue weighted by atomic mass is 15.3. The molecule has 0 spiro atoms. The maximum absolute atomic E-state index is 4.08. The number of nitrogens with zero attached hydrogens (tertiary/aromatic N) is 2. The Hall–Kier alpha value is -0.900. The Kier molecular flexibility index (Phi) is 1.26. The zero-order valence-electron chi connectivity index (χ0n) is 6.88. The van der Waals surface area contributed by atoms with Crippen molar-refractivity contribution in [3.05, 3.63) is 11.4 Å². The van der Waals surface area contributed by atoms with Gasteiger partial charge in [0.2, 0.25) is 0 Å². The average Bonchev–Trinajstić information content (AvgIpc) is 2.71. The van der Waals surface area contributed by atoms with Crippen molar-refractivity contribution in [3.63, 3.8) is 0 Å². The molecule has 1 fully saturated rings. The summed E-state index contributed by atoms with van der Waals surface area (Å²) < 4.78 is 0. The minimum absolute atomic E-state index is 0.656. The largest absolute Gasteiger partial charge is 0.316 e. The van der Waals surface area contributed by atoms with Gasteiger partial charge < -0.3 is 5.32 Å². The molecule has 0 radical (unpaired) electrons. The Morgan fingerprint density at radius 3 is 3.33 bits per heavy atom. The summed E-state index contributed by atoms with van der Waals surface area (Å²) in [6, 6.07) is 0. The second-order valence-electron chi connectivity index (χ2n) is 3.74. The van der Waals surface area contributed by atoms with Crippen molar-refractivity contribution < 1.29 is 0 Å². The predicted molar refractivity (Wildman–Crippen MR) is 43.8 cm³/mol. The summed E-state index contributed by atoms with van der Waals surface area (Å²) >= 11 is 0. The van der Waals surface area contributed by atoms with E-state index in [0.29, 0.717) is 5.92 Å². The van der Waals surface area contributed by atoms with E-state index in [1.165, 1.54) is 24.4 Å². The van der Waals surface area contributed by atoms with Gasteiger partial charge in [-0.05, 0) is 25.3 Å². The van der Waals surface area contributed by atoms with E-state index in [1.807, 2.05) is 0 Å². The van der Waals surface area contributed by atoms with Crippen LogP contribution in [-0.4, -0.2) is 28.5 Å². The van der Waals surface area contributed by atoms with E-state index in [-0.39, 0.29) is 0 Å². The summed E-state index contributed by atoms with van der Waals surface area (Å²) in [6.45, 7) is 2.27. The molecule has 2 heterocycles. The fourth-order valence-electron chi connectivity index (χ4n) is 2.44. The zero-order chi connectivity index (χ0) is 7.97. The lowest BCUT2D eigenvalue weighted by molar-refractivity contribution is 0.442. The summed E-state index contributed by atoms with van der Waals surface area (Å²) in [6.07, 6.45) is 2.38. The Bertz CT molecular complexity index is 293. The van der Waals surface area contributed by atoms with Gasteiger partial charge in [0, 0.05) is 12.5 Å². The van der Waals surface area contributed by atoms with E-state index < -0.39 is 0 Å². The minimum atomic E-state index is 0.656. The Morgan fingerprint density at radius 1 is 1.33 bits per heavy atom. The van der Waals surface area contributed by atoms with Crippen LogP contribution < -0.4 is 5.32 Å². The van der Waals surface area contributed by atoms with Crippen molar-refractivity contribution in [2.75, 3.05) is 13.1 Å². The van der Waals surface area contributed by atoms with E-state index in [0.717, 1.165) is 18.9 Å². The number of fused-ring (bicyclic) bond motifs is 3. The molecule has 1 saturated heterocycles. The van der Waals surface area contributed by atoms with Crippen LogP contribution in [0.5, 0.6) is 0 Å². The van der Waals surface area contributed by atoms with Gasteiger partial charge in [-0.3, -0.25) is 5.10 Å². The first-order valence-electron chi connectivity index (χ1n) is 4.55. The van der Waals surface area contributed by atoms with Crippen molar-refractivity contribution in [2.45, 2.75) is 18.8 Å². The van der Waals surface area contributed by atoms with Crippen LogP contribution in [0, 0.1) is 5.92 Å². The number of H-pyrrole nitrogens is 1. The molecule has 1 aliphatic carbocycles. The van der Waals surface area contributed by atoms with Crippen LogP contribution in [0.2, 0.25) is 0 Å². The number of hydrogen-bond donors (Lipinski definition) is 2. The van der Waals surface area contributed by atoms with Gasteiger partial charge in [-0.15, -0.1) is 5.10 Å². The van der Waals surface area contributed by atoms with Crippen LogP contribution in [0.15, 0.2) is 0 Å². The molecule has 64 valence electrons. The Labute approximate surface area is 70.7 Å². The predicted octanol–water partition coefficient (Wildman–Crippen LogP) is 0.0539. The molecule has 1 aliphatic heterocycles. The number of aryl methyl sites for hydroxylation is 1. The molecule has 0 bridgehead atoms. The normalized spacial score (nSPS) is 33.0. The maximum Gasteiger partial charge on any atom is 0.0860 e. The van der Waals surface area contributed by atoms with E-state index >= 15 is 0 Å². The number of hydrogen-bond acceptors (Lipinski definition) is 3. The molecular formula is C8H12N4. The third-order valence-corrected chi connectivity index (χ3v) is 3.11. The quantitative estimate of drug-likeness (QED) is 0.570. The molecule has 3 rings (SSSR count). The first kappa shape index (κ1) is 6.60. The van der Waals surface area contributed by atoms with E-state index in [4.69, 9.17) is 0 Å². The van der Waals surface area contributed by atoms with Crippen molar-refractivity contribution in [2.24, 2.45) is 5.92 Å². The third kappa shape index (κ3) is 0.756. The molecular weight excluding hydrogens is 152 g/mol. The second-order valence-corrected chi connectivity index (χ2v) is 3.74. The van der Waals surface area contributed by atoms with Crippen molar-refractivity contribution in [1.82, 2.24) is 20.7 Å².